The predicted octanol–water partition coefficient (Wildman–Crippen LogP) is 2.12. The van der Waals surface area contributed by atoms with Crippen LogP contribution < -0.4 is 5.32 Å². The maximum absolute atomic E-state index is 10.9. The van der Waals surface area contributed by atoms with Crippen LogP contribution in [0.1, 0.15) is 13.3 Å². The van der Waals surface area contributed by atoms with Crippen LogP contribution in [0, 0.1) is 10.1 Å². The van der Waals surface area contributed by atoms with Crippen LogP contribution in [0.4, 0.5) is 11.5 Å². The van der Waals surface area contributed by atoms with Gasteiger partial charge in [0.25, 0.3) is 6.47 Å². The molecule has 7 nitrogen and oxygen atoms in total. The molecule has 1 unspecified atom stereocenters. The molecule has 8 heteroatoms. The first-order valence-electron chi connectivity index (χ1n) is 5.20. The molecule has 18 heavy (non-hydrogen) atoms. The highest BCUT2D eigenvalue weighted by Gasteiger charge is 2.18. The highest BCUT2D eigenvalue weighted by Crippen LogP contribution is 2.26. The molecule has 0 aliphatic carbocycles. The fourth-order valence-electron chi connectivity index (χ4n) is 1.29. The molecule has 0 fully saturated rings. The van der Waals surface area contributed by atoms with Gasteiger partial charge in [-0.25, -0.2) is 4.98 Å². The fourth-order valence-corrected chi connectivity index (χ4v) is 1.61. The second-order valence-corrected chi connectivity index (χ2v) is 4.37. The quantitative estimate of drug-likeness (QED) is 0.470. The van der Waals surface area contributed by atoms with Crippen LogP contribution in [0.3, 0.4) is 0 Å². The van der Waals surface area contributed by atoms with E-state index < -0.39 is 4.92 Å². The lowest BCUT2D eigenvalue weighted by molar-refractivity contribution is -0.384. The molecule has 0 saturated carbocycles. The Balaban J connectivity index is 2.87. The van der Waals surface area contributed by atoms with Crippen molar-refractivity contribution in [2.75, 3.05) is 11.9 Å². The van der Waals surface area contributed by atoms with Gasteiger partial charge in [0.1, 0.15) is 6.61 Å². The van der Waals surface area contributed by atoms with Gasteiger partial charge < -0.3 is 10.1 Å². The van der Waals surface area contributed by atoms with Crippen molar-refractivity contribution in [2.24, 2.45) is 0 Å². The molecule has 0 radical (unpaired) electrons. The van der Waals surface area contributed by atoms with Gasteiger partial charge in [-0.05, 0) is 22.4 Å². The number of hydrogen-bond acceptors (Lipinski definition) is 6. The average molecular weight is 318 g/mol. The van der Waals surface area contributed by atoms with Gasteiger partial charge in [-0.3, -0.25) is 14.9 Å². The van der Waals surface area contributed by atoms with Crippen LogP contribution in [0.25, 0.3) is 0 Å². The molecule has 0 spiro atoms. The van der Waals surface area contributed by atoms with Crippen molar-refractivity contribution >= 4 is 33.9 Å². The molecule has 0 aromatic carbocycles. The number of nitrogens with one attached hydrogen (secondary N) is 1. The summed E-state index contributed by atoms with van der Waals surface area (Å²) in [4.78, 5) is 24.4. The minimum absolute atomic E-state index is 0.131. The number of pyridine rings is 1. The highest BCUT2D eigenvalue weighted by molar-refractivity contribution is 9.10. The summed E-state index contributed by atoms with van der Waals surface area (Å²) in [5, 5.41) is 13.8. The third-order valence-corrected chi connectivity index (χ3v) is 2.66. The Hall–Kier alpha value is -1.70. The monoisotopic (exact) mass is 317 g/mol. The van der Waals surface area contributed by atoms with E-state index in [1.165, 1.54) is 12.3 Å². The lowest BCUT2D eigenvalue weighted by Gasteiger charge is -2.16. The van der Waals surface area contributed by atoms with Gasteiger partial charge in [0.15, 0.2) is 0 Å². The van der Waals surface area contributed by atoms with Crippen molar-refractivity contribution in [1.29, 1.82) is 0 Å². The number of nitro groups is 1. The zero-order valence-electron chi connectivity index (χ0n) is 9.63. The van der Waals surface area contributed by atoms with Crippen molar-refractivity contribution in [2.45, 2.75) is 19.4 Å². The van der Waals surface area contributed by atoms with Gasteiger partial charge in [0.05, 0.1) is 11.0 Å². The minimum atomic E-state index is -0.520. The summed E-state index contributed by atoms with van der Waals surface area (Å²) in [6.07, 6.45) is 2.10. The second kappa shape index (κ2) is 6.90. The molecule has 1 rings (SSSR count). The molecule has 0 amide bonds. The van der Waals surface area contributed by atoms with E-state index in [2.05, 4.69) is 31.0 Å². The first-order valence-corrected chi connectivity index (χ1v) is 5.99. The molecule has 1 aromatic rings. The molecule has 1 heterocycles. The summed E-state index contributed by atoms with van der Waals surface area (Å²) in [7, 11) is 0. The van der Waals surface area contributed by atoms with E-state index in [4.69, 9.17) is 0 Å². The minimum Gasteiger partial charge on any atom is -0.466 e. The molecule has 0 bridgehead atoms. The van der Waals surface area contributed by atoms with E-state index >= 15 is 0 Å². The molecular weight excluding hydrogens is 306 g/mol. The number of hydrogen-bond donors (Lipinski definition) is 1. The summed E-state index contributed by atoms with van der Waals surface area (Å²) in [6.45, 7) is 2.35. The van der Waals surface area contributed by atoms with Crippen molar-refractivity contribution in [3.05, 3.63) is 26.9 Å². The molecule has 0 aliphatic heterocycles. The SMILES string of the molecule is CCC(COC=O)Nc1ncc(Br)cc1[N+](=O)[O-]. The summed E-state index contributed by atoms with van der Waals surface area (Å²) >= 11 is 3.12. The predicted molar refractivity (Wildman–Crippen MR) is 68.3 cm³/mol. The highest BCUT2D eigenvalue weighted by atomic mass is 79.9. The van der Waals surface area contributed by atoms with E-state index in [0.717, 1.165) is 0 Å². The first kappa shape index (κ1) is 14.4. The van der Waals surface area contributed by atoms with Gasteiger partial charge in [-0.15, -0.1) is 0 Å². The van der Waals surface area contributed by atoms with E-state index in [1.54, 1.807) is 0 Å². The zero-order valence-corrected chi connectivity index (χ0v) is 11.2. The van der Waals surface area contributed by atoms with Gasteiger partial charge >= 0.3 is 5.69 Å². The molecule has 98 valence electrons. The molecule has 1 atom stereocenters. The van der Waals surface area contributed by atoms with Crippen LogP contribution in [0.5, 0.6) is 0 Å². The van der Waals surface area contributed by atoms with E-state index in [0.29, 0.717) is 17.4 Å². The number of carbonyl (C=O) groups is 1. The number of halogens is 1. The Morgan fingerprint density at radius 2 is 2.44 bits per heavy atom. The normalized spacial score (nSPS) is 11.7. The number of ether oxygens (including phenoxy) is 1. The number of aromatic nitrogens is 1. The van der Waals surface area contributed by atoms with Crippen LogP contribution in [0.2, 0.25) is 0 Å². The van der Waals surface area contributed by atoms with Crippen LogP contribution in [-0.2, 0) is 9.53 Å². The third kappa shape index (κ3) is 3.95. The standard InChI is InChI=1S/C10H12BrN3O4/c1-2-8(5-18-6-15)13-10-9(14(16)17)3-7(11)4-12-10/h3-4,6,8H,2,5H2,1H3,(H,12,13). The number of rotatable bonds is 7. The fraction of sp³-hybridized carbons (Fsp3) is 0.400. The number of anilines is 1. The van der Waals surface area contributed by atoms with E-state index in [9.17, 15) is 14.9 Å². The Kier molecular flexibility index (Phi) is 5.50. The van der Waals surface area contributed by atoms with Gasteiger partial charge in [0, 0.05) is 16.7 Å². The number of nitrogens with zero attached hydrogens (tertiary/aromatic N) is 2. The molecule has 0 aliphatic rings. The van der Waals surface area contributed by atoms with Crippen molar-refractivity contribution < 1.29 is 14.5 Å². The Morgan fingerprint density at radius 3 is 3.00 bits per heavy atom. The average Bonchev–Trinajstić information content (AvgIpc) is 2.35. The maximum atomic E-state index is 10.9. The van der Waals surface area contributed by atoms with E-state index in [1.807, 2.05) is 6.92 Å². The van der Waals surface area contributed by atoms with Crippen molar-refractivity contribution in [3.63, 3.8) is 0 Å². The lowest BCUT2D eigenvalue weighted by Crippen LogP contribution is -2.25. The van der Waals surface area contributed by atoms with Crippen LogP contribution in [-0.4, -0.2) is 29.0 Å². The Bertz CT molecular complexity index is 441. The van der Waals surface area contributed by atoms with Crippen LogP contribution in [0.15, 0.2) is 16.7 Å². The second-order valence-electron chi connectivity index (χ2n) is 3.46. The van der Waals surface area contributed by atoms with Gasteiger partial charge in [0.2, 0.25) is 5.82 Å². The summed E-state index contributed by atoms with van der Waals surface area (Å²) in [5.41, 5.74) is -0.131. The van der Waals surface area contributed by atoms with E-state index in [-0.39, 0.29) is 24.2 Å². The molecular formula is C10H12BrN3O4. The first-order chi connectivity index (χ1) is 8.58. The zero-order chi connectivity index (χ0) is 13.5. The Labute approximate surface area is 112 Å². The van der Waals surface area contributed by atoms with Gasteiger partial charge in [-0.2, -0.15) is 0 Å². The summed E-state index contributed by atoms with van der Waals surface area (Å²) < 4.78 is 5.16. The lowest BCUT2D eigenvalue weighted by atomic mass is 10.2. The Morgan fingerprint density at radius 1 is 1.72 bits per heavy atom. The third-order valence-electron chi connectivity index (χ3n) is 2.23. The number of carbonyl (C=O) groups excluding carboxylic acids is 1. The molecule has 0 saturated heterocycles. The van der Waals surface area contributed by atoms with Gasteiger partial charge in [-0.1, -0.05) is 6.92 Å². The molecule has 1 aromatic heterocycles. The van der Waals surface area contributed by atoms with Crippen molar-refractivity contribution in [3.8, 4) is 0 Å². The van der Waals surface area contributed by atoms with Crippen LogP contribution >= 0.6 is 15.9 Å². The maximum Gasteiger partial charge on any atom is 0.312 e. The summed E-state index contributed by atoms with van der Waals surface area (Å²) in [5.74, 6) is 0.157. The topological polar surface area (TPSA) is 94.4 Å². The smallest absolute Gasteiger partial charge is 0.312 e. The summed E-state index contributed by atoms with van der Waals surface area (Å²) in [6, 6.07) is 1.14. The largest absolute Gasteiger partial charge is 0.466 e. The van der Waals surface area contributed by atoms with Crippen molar-refractivity contribution in [1.82, 2.24) is 4.98 Å². The molecule has 1 N–H and O–H groups in total.